The summed E-state index contributed by atoms with van der Waals surface area (Å²) in [5.41, 5.74) is 1.24. The number of benzene rings is 1. The lowest BCUT2D eigenvalue weighted by Crippen LogP contribution is -2.25. The Balaban J connectivity index is 2.22. The van der Waals surface area contributed by atoms with Gasteiger partial charge in [-0.1, -0.05) is 13.0 Å². The van der Waals surface area contributed by atoms with Gasteiger partial charge in [-0.3, -0.25) is 0 Å². The molecule has 1 aliphatic rings. The fourth-order valence-corrected chi connectivity index (χ4v) is 3.00. The summed E-state index contributed by atoms with van der Waals surface area (Å²) in [5, 5.41) is 3.54. The first kappa shape index (κ1) is 13.2. The first-order valence-electron chi connectivity index (χ1n) is 6.74. The molecule has 0 bridgehead atoms. The molecule has 3 nitrogen and oxygen atoms in total. The molecule has 1 fully saturated rings. The molecule has 100 valence electrons. The zero-order valence-corrected chi connectivity index (χ0v) is 11.5. The standard InChI is InChI=1S/C15H23NO2/c1-4-16-12-9-8-11(10-12)15-13(17-2)6-5-7-14(15)18-3/h5-7,11-12,16H,4,8-10H2,1-3H3. The zero-order chi connectivity index (χ0) is 13.0. The summed E-state index contributed by atoms with van der Waals surface area (Å²) < 4.78 is 11.0. The van der Waals surface area contributed by atoms with E-state index in [-0.39, 0.29) is 0 Å². The third-order valence-corrected chi connectivity index (χ3v) is 3.80. The first-order chi connectivity index (χ1) is 8.80. The molecule has 1 aliphatic carbocycles. The molecule has 1 aromatic carbocycles. The van der Waals surface area contributed by atoms with Gasteiger partial charge in [0.05, 0.1) is 14.2 Å². The summed E-state index contributed by atoms with van der Waals surface area (Å²) in [6, 6.07) is 6.67. The van der Waals surface area contributed by atoms with Gasteiger partial charge in [-0.15, -0.1) is 0 Å². The monoisotopic (exact) mass is 249 g/mol. The fraction of sp³-hybridized carbons (Fsp3) is 0.600. The van der Waals surface area contributed by atoms with Crippen LogP contribution in [0, 0.1) is 0 Å². The molecule has 2 rings (SSSR count). The second-order valence-corrected chi connectivity index (χ2v) is 4.84. The molecule has 0 spiro atoms. The van der Waals surface area contributed by atoms with Gasteiger partial charge in [0.25, 0.3) is 0 Å². The van der Waals surface area contributed by atoms with E-state index < -0.39 is 0 Å². The van der Waals surface area contributed by atoms with E-state index in [9.17, 15) is 0 Å². The minimum atomic E-state index is 0.542. The predicted molar refractivity (Wildman–Crippen MR) is 73.6 cm³/mol. The van der Waals surface area contributed by atoms with Crippen LogP contribution < -0.4 is 14.8 Å². The summed E-state index contributed by atoms with van der Waals surface area (Å²) in [6.07, 6.45) is 3.61. The van der Waals surface area contributed by atoms with E-state index in [2.05, 4.69) is 12.2 Å². The van der Waals surface area contributed by atoms with Crippen molar-refractivity contribution >= 4 is 0 Å². The highest BCUT2D eigenvalue weighted by Crippen LogP contribution is 2.43. The largest absolute Gasteiger partial charge is 0.496 e. The number of rotatable bonds is 5. The Kier molecular flexibility index (Phi) is 4.48. The van der Waals surface area contributed by atoms with Crippen LogP contribution in [0.1, 0.15) is 37.7 Å². The Morgan fingerprint density at radius 3 is 2.39 bits per heavy atom. The quantitative estimate of drug-likeness (QED) is 0.870. The van der Waals surface area contributed by atoms with E-state index in [0.29, 0.717) is 12.0 Å². The van der Waals surface area contributed by atoms with Crippen molar-refractivity contribution < 1.29 is 9.47 Å². The predicted octanol–water partition coefficient (Wildman–Crippen LogP) is 2.95. The Hall–Kier alpha value is -1.22. The molecular weight excluding hydrogens is 226 g/mol. The van der Waals surface area contributed by atoms with E-state index >= 15 is 0 Å². The SMILES string of the molecule is CCNC1CCC(c2c(OC)cccc2OC)C1. The third-order valence-electron chi connectivity index (χ3n) is 3.80. The molecule has 0 saturated heterocycles. The second-order valence-electron chi connectivity index (χ2n) is 4.84. The van der Waals surface area contributed by atoms with Crippen LogP contribution in [0.15, 0.2) is 18.2 Å². The van der Waals surface area contributed by atoms with Crippen LogP contribution in [-0.2, 0) is 0 Å². The van der Waals surface area contributed by atoms with Crippen molar-refractivity contribution in [3.05, 3.63) is 23.8 Å². The van der Waals surface area contributed by atoms with Crippen molar-refractivity contribution in [2.24, 2.45) is 0 Å². The summed E-state index contributed by atoms with van der Waals surface area (Å²) in [7, 11) is 3.46. The Morgan fingerprint density at radius 1 is 1.17 bits per heavy atom. The third kappa shape index (κ3) is 2.61. The van der Waals surface area contributed by atoms with Crippen LogP contribution in [0.4, 0.5) is 0 Å². The number of methoxy groups -OCH3 is 2. The maximum atomic E-state index is 5.50. The van der Waals surface area contributed by atoms with Gasteiger partial charge in [-0.25, -0.2) is 0 Å². The normalized spacial score (nSPS) is 23.1. The summed E-state index contributed by atoms with van der Waals surface area (Å²) in [4.78, 5) is 0. The van der Waals surface area contributed by atoms with Gasteiger partial charge in [0.1, 0.15) is 11.5 Å². The Morgan fingerprint density at radius 2 is 1.83 bits per heavy atom. The maximum absolute atomic E-state index is 5.50. The molecule has 2 unspecified atom stereocenters. The highest BCUT2D eigenvalue weighted by molar-refractivity contribution is 5.47. The summed E-state index contributed by atoms with van der Waals surface area (Å²) in [5.74, 6) is 2.45. The molecule has 0 heterocycles. The molecule has 2 atom stereocenters. The van der Waals surface area contributed by atoms with Crippen molar-refractivity contribution in [1.82, 2.24) is 5.32 Å². The van der Waals surface area contributed by atoms with Gasteiger partial charge in [0.2, 0.25) is 0 Å². The summed E-state index contributed by atoms with van der Waals surface area (Å²) >= 11 is 0. The number of ether oxygens (including phenoxy) is 2. The van der Waals surface area contributed by atoms with Gasteiger partial charge in [0, 0.05) is 11.6 Å². The molecule has 1 N–H and O–H groups in total. The van der Waals surface area contributed by atoms with Gasteiger partial charge in [-0.05, 0) is 43.9 Å². The van der Waals surface area contributed by atoms with Crippen molar-refractivity contribution in [2.45, 2.75) is 38.1 Å². The number of hydrogen-bond donors (Lipinski definition) is 1. The average molecular weight is 249 g/mol. The number of nitrogens with one attached hydrogen (secondary N) is 1. The first-order valence-corrected chi connectivity index (χ1v) is 6.74. The average Bonchev–Trinajstić information content (AvgIpc) is 2.86. The van der Waals surface area contributed by atoms with Crippen molar-refractivity contribution in [2.75, 3.05) is 20.8 Å². The molecular formula is C15H23NO2. The lowest BCUT2D eigenvalue weighted by molar-refractivity contribution is 0.378. The highest BCUT2D eigenvalue weighted by Gasteiger charge is 2.29. The van der Waals surface area contributed by atoms with Crippen LogP contribution in [0.3, 0.4) is 0 Å². The maximum Gasteiger partial charge on any atom is 0.126 e. The van der Waals surface area contributed by atoms with Crippen LogP contribution in [0.25, 0.3) is 0 Å². The van der Waals surface area contributed by atoms with Crippen LogP contribution in [0.2, 0.25) is 0 Å². The smallest absolute Gasteiger partial charge is 0.126 e. The van der Waals surface area contributed by atoms with Crippen LogP contribution >= 0.6 is 0 Å². The molecule has 0 aliphatic heterocycles. The number of hydrogen-bond acceptors (Lipinski definition) is 3. The second kappa shape index (κ2) is 6.10. The molecule has 0 aromatic heterocycles. The van der Waals surface area contributed by atoms with E-state index in [4.69, 9.17) is 9.47 Å². The van der Waals surface area contributed by atoms with E-state index in [1.54, 1.807) is 14.2 Å². The van der Waals surface area contributed by atoms with Crippen LogP contribution in [0.5, 0.6) is 11.5 Å². The minimum Gasteiger partial charge on any atom is -0.496 e. The van der Waals surface area contributed by atoms with Gasteiger partial charge in [-0.2, -0.15) is 0 Å². The molecule has 1 aromatic rings. The van der Waals surface area contributed by atoms with E-state index in [1.165, 1.54) is 24.8 Å². The summed E-state index contributed by atoms with van der Waals surface area (Å²) in [6.45, 7) is 3.21. The highest BCUT2D eigenvalue weighted by atomic mass is 16.5. The molecule has 0 radical (unpaired) electrons. The Bertz CT molecular complexity index is 370. The van der Waals surface area contributed by atoms with Crippen molar-refractivity contribution in [1.29, 1.82) is 0 Å². The van der Waals surface area contributed by atoms with Crippen molar-refractivity contribution in [3.63, 3.8) is 0 Å². The van der Waals surface area contributed by atoms with E-state index in [0.717, 1.165) is 18.0 Å². The molecule has 18 heavy (non-hydrogen) atoms. The fourth-order valence-electron chi connectivity index (χ4n) is 3.00. The Labute approximate surface area is 109 Å². The zero-order valence-electron chi connectivity index (χ0n) is 11.5. The molecule has 3 heteroatoms. The van der Waals surface area contributed by atoms with Gasteiger partial charge in [0.15, 0.2) is 0 Å². The lowest BCUT2D eigenvalue weighted by Gasteiger charge is -2.18. The topological polar surface area (TPSA) is 30.5 Å². The lowest BCUT2D eigenvalue weighted by atomic mass is 9.95. The van der Waals surface area contributed by atoms with Crippen molar-refractivity contribution in [3.8, 4) is 11.5 Å². The van der Waals surface area contributed by atoms with Crippen LogP contribution in [-0.4, -0.2) is 26.8 Å². The van der Waals surface area contributed by atoms with E-state index in [1.807, 2.05) is 18.2 Å². The molecule has 0 amide bonds. The minimum absolute atomic E-state index is 0.542. The van der Waals surface area contributed by atoms with Gasteiger partial charge < -0.3 is 14.8 Å². The van der Waals surface area contributed by atoms with Gasteiger partial charge >= 0.3 is 0 Å². The molecule has 1 saturated carbocycles.